The molecule has 0 spiro atoms. The fourth-order valence-electron chi connectivity index (χ4n) is 2.65. The average Bonchev–Trinajstić information content (AvgIpc) is 2.43. The first kappa shape index (κ1) is 17.9. The highest BCUT2D eigenvalue weighted by Gasteiger charge is 2.32. The predicted octanol–water partition coefficient (Wildman–Crippen LogP) is 2.06. The molecule has 0 fully saturated rings. The molecule has 1 aromatic rings. The smallest absolute Gasteiger partial charge is 0.244 e. The van der Waals surface area contributed by atoms with Crippen LogP contribution in [-0.2, 0) is 10.0 Å². The zero-order chi connectivity index (χ0) is 16.2. The topological polar surface area (TPSA) is 83.6 Å². The van der Waals surface area contributed by atoms with Gasteiger partial charge in [0.2, 0.25) is 10.0 Å². The summed E-state index contributed by atoms with van der Waals surface area (Å²) in [6.07, 6.45) is 1.41. The van der Waals surface area contributed by atoms with Crippen LogP contribution >= 0.6 is 0 Å². The summed E-state index contributed by atoms with van der Waals surface area (Å²) in [5.41, 5.74) is 7.58. The standard InChI is InChI=1S/C15H26N2O3S/c1-5-13(6-2)17(9-10-18)21(19,20)15-11(3)7-8-14(16)12(15)4/h7-8,13,18H,5-6,9-10,16H2,1-4H3. The number of nitrogens with two attached hydrogens (primary N) is 1. The minimum absolute atomic E-state index is 0.0996. The summed E-state index contributed by atoms with van der Waals surface area (Å²) in [5.74, 6) is 0. The molecule has 0 saturated heterocycles. The third-order valence-corrected chi connectivity index (χ3v) is 6.12. The lowest BCUT2D eigenvalue weighted by Gasteiger charge is -2.30. The van der Waals surface area contributed by atoms with Crippen molar-refractivity contribution in [1.29, 1.82) is 0 Å². The van der Waals surface area contributed by atoms with Crippen LogP contribution in [0.4, 0.5) is 5.69 Å². The Bertz CT molecular complexity index is 581. The Kier molecular flexibility index (Phi) is 6.19. The van der Waals surface area contributed by atoms with Crippen molar-refractivity contribution in [1.82, 2.24) is 4.31 Å². The third-order valence-electron chi connectivity index (χ3n) is 3.88. The lowest BCUT2D eigenvalue weighted by atomic mass is 10.1. The highest BCUT2D eigenvalue weighted by atomic mass is 32.2. The highest BCUT2D eigenvalue weighted by molar-refractivity contribution is 7.89. The Balaban J connectivity index is 3.46. The van der Waals surface area contributed by atoms with Crippen LogP contribution in [0.1, 0.15) is 37.8 Å². The first-order valence-electron chi connectivity index (χ1n) is 7.29. The zero-order valence-electron chi connectivity index (χ0n) is 13.3. The zero-order valence-corrected chi connectivity index (χ0v) is 14.1. The maximum Gasteiger partial charge on any atom is 0.244 e. The molecule has 0 aliphatic heterocycles. The van der Waals surface area contributed by atoms with Crippen LogP contribution in [0.2, 0.25) is 0 Å². The summed E-state index contributed by atoms with van der Waals surface area (Å²) < 4.78 is 27.5. The second-order valence-electron chi connectivity index (χ2n) is 5.24. The van der Waals surface area contributed by atoms with Crippen LogP contribution in [0.15, 0.2) is 17.0 Å². The van der Waals surface area contributed by atoms with Crippen molar-refractivity contribution in [3.8, 4) is 0 Å². The van der Waals surface area contributed by atoms with Crippen molar-refractivity contribution in [2.24, 2.45) is 0 Å². The molecule has 6 heteroatoms. The molecule has 0 aromatic heterocycles. The molecule has 3 N–H and O–H groups in total. The van der Waals surface area contributed by atoms with E-state index in [0.717, 1.165) is 0 Å². The van der Waals surface area contributed by atoms with Crippen LogP contribution in [0, 0.1) is 13.8 Å². The van der Waals surface area contributed by atoms with Gasteiger partial charge in [0.15, 0.2) is 0 Å². The number of aliphatic hydroxyl groups is 1. The molecule has 5 nitrogen and oxygen atoms in total. The van der Waals surface area contributed by atoms with Gasteiger partial charge in [-0.15, -0.1) is 0 Å². The van der Waals surface area contributed by atoms with Gasteiger partial charge in [-0.05, 0) is 43.9 Å². The van der Waals surface area contributed by atoms with Crippen molar-refractivity contribution in [2.75, 3.05) is 18.9 Å². The Labute approximate surface area is 127 Å². The fraction of sp³-hybridized carbons (Fsp3) is 0.600. The molecule has 0 atom stereocenters. The van der Waals surface area contributed by atoms with Gasteiger partial charge in [-0.1, -0.05) is 19.9 Å². The predicted molar refractivity (Wildman–Crippen MR) is 85.7 cm³/mol. The molecule has 0 amide bonds. The van der Waals surface area contributed by atoms with Crippen LogP contribution in [0.3, 0.4) is 0 Å². The van der Waals surface area contributed by atoms with E-state index >= 15 is 0 Å². The molecule has 0 aliphatic carbocycles. The van der Waals surface area contributed by atoms with Crippen molar-refractivity contribution >= 4 is 15.7 Å². The molecule has 0 saturated carbocycles. The van der Waals surface area contributed by atoms with E-state index in [2.05, 4.69) is 0 Å². The van der Waals surface area contributed by atoms with Crippen molar-refractivity contribution in [2.45, 2.75) is 51.5 Å². The minimum Gasteiger partial charge on any atom is -0.398 e. The Morgan fingerprint density at radius 3 is 2.29 bits per heavy atom. The lowest BCUT2D eigenvalue weighted by molar-refractivity contribution is 0.219. The summed E-state index contributed by atoms with van der Waals surface area (Å²) in [6, 6.07) is 3.32. The molecule has 0 heterocycles. The molecular formula is C15H26N2O3S. The summed E-state index contributed by atoms with van der Waals surface area (Å²) >= 11 is 0. The van der Waals surface area contributed by atoms with E-state index in [4.69, 9.17) is 5.73 Å². The largest absolute Gasteiger partial charge is 0.398 e. The summed E-state index contributed by atoms with van der Waals surface area (Å²) in [7, 11) is -3.68. The second-order valence-corrected chi connectivity index (χ2v) is 7.06. The van der Waals surface area contributed by atoms with E-state index in [1.165, 1.54) is 4.31 Å². The van der Waals surface area contributed by atoms with Gasteiger partial charge in [-0.25, -0.2) is 8.42 Å². The van der Waals surface area contributed by atoms with Gasteiger partial charge in [0.25, 0.3) is 0 Å². The number of sulfonamides is 1. The van der Waals surface area contributed by atoms with E-state index in [9.17, 15) is 13.5 Å². The Morgan fingerprint density at radius 1 is 1.24 bits per heavy atom. The Hall–Kier alpha value is -1.11. The van der Waals surface area contributed by atoms with Crippen molar-refractivity contribution < 1.29 is 13.5 Å². The quantitative estimate of drug-likeness (QED) is 0.755. The SMILES string of the molecule is CCC(CC)N(CCO)S(=O)(=O)c1c(C)ccc(N)c1C. The second kappa shape index (κ2) is 7.24. The number of nitrogens with zero attached hydrogens (tertiary/aromatic N) is 1. The first-order chi connectivity index (χ1) is 9.81. The molecule has 120 valence electrons. The summed E-state index contributed by atoms with van der Waals surface area (Å²) in [6.45, 7) is 7.29. The summed E-state index contributed by atoms with van der Waals surface area (Å²) in [5, 5.41) is 9.25. The van der Waals surface area contributed by atoms with E-state index in [-0.39, 0.29) is 24.1 Å². The normalized spacial score (nSPS) is 12.3. The number of aryl methyl sites for hydroxylation is 1. The lowest BCUT2D eigenvalue weighted by Crippen LogP contribution is -2.42. The molecule has 0 unspecified atom stereocenters. The van der Waals surface area contributed by atoms with Gasteiger partial charge in [0, 0.05) is 18.3 Å². The number of nitrogen functional groups attached to an aromatic ring is 1. The van der Waals surface area contributed by atoms with E-state index < -0.39 is 10.0 Å². The number of benzene rings is 1. The molecule has 1 aromatic carbocycles. The molecule has 0 bridgehead atoms. The van der Waals surface area contributed by atoms with E-state index in [1.54, 1.807) is 26.0 Å². The molecule has 21 heavy (non-hydrogen) atoms. The van der Waals surface area contributed by atoms with Crippen LogP contribution < -0.4 is 5.73 Å². The number of anilines is 1. The maximum atomic E-state index is 13.0. The van der Waals surface area contributed by atoms with E-state index in [1.807, 2.05) is 13.8 Å². The molecule has 0 radical (unpaired) electrons. The van der Waals surface area contributed by atoms with Gasteiger partial charge in [0.1, 0.15) is 0 Å². The van der Waals surface area contributed by atoms with E-state index in [0.29, 0.717) is 29.7 Å². The maximum absolute atomic E-state index is 13.0. The first-order valence-corrected chi connectivity index (χ1v) is 8.73. The average molecular weight is 314 g/mol. The number of aliphatic hydroxyl groups excluding tert-OH is 1. The van der Waals surface area contributed by atoms with Gasteiger partial charge in [-0.2, -0.15) is 4.31 Å². The highest BCUT2D eigenvalue weighted by Crippen LogP contribution is 2.29. The number of rotatable bonds is 7. The third kappa shape index (κ3) is 3.56. The number of hydrogen-bond donors (Lipinski definition) is 2. The molecule has 1 rings (SSSR count). The van der Waals surface area contributed by atoms with Crippen LogP contribution in [-0.4, -0.2) is 37.0 Å². The van der Waals surface area contributed by atoms with Crippen LogP contribution in [0.5, 0.6) is 0 Å². The van der Waals surface area contributed by atoms with Gasteiger partial charge in [-0.3, -0.25) is 0 Å². The molecular weight excluding hydrogens is 288 g/mol. The van der Waals surface area contributed by atoms with Crippen molar-refractivity contribution in [3.05, 3.63) is 23.3 Å². The molecule has 0 aliphatic rings. The summed E-state index contributed by atoms with van der Waals surface area (Å²) in [4.78, 5) is 0.267. The van der Waals surface area contributed by atoms with Gasteiger partial charge in [0.05, 0.1) is 11.5 Å². The van der Waals surface area contributed by atoms with Gasteiger partial charge >= 0.3 is 0 Å². The van der Waals surface area contributed by atoms with Crippen molar-refractivity contribution in [3.63, 3.8) is 0 Å². The Morgan fingerprint density at radius 2 is 1.81 bits per heavy atom. The fourth-order valence-corrected chi connectivity index (χ4v) is 4.88. The van der Waals surface area contributed by atoms with Gasteiger partial charge < -0.3 is 10.8 Å². The number of hydrogen-bond acceptors (Lipinski definition) is 4. The minimum atomic E-state index is -3.68. The van der Waals surface area contributed by atoms with Crippen LogP contribution in [0.25, 0.3) is 0 Å². The monoisotopic (exact) mass is 314 g/mol.